The fraction of sp³-hybridized carbons (Fsp3) is 0.778. The minimum atomic E-state index is -1.49. The molecule has 0 aromatic heterocycles. The molecule has 0 rings (SSSR count). The predicted molar refractivity (Wildman–Crippen MR) is 119 cm³/mol. The zero-order chi connectivity index (χ0) is 23.6. The smallest absolute Gasteiger partial charge is 0.327 e. The number of rotatable bonds is 14. The molecule has 0 saturated heterocycles. The zero-order valence-electron chi connectivity index (χ0n) is 17.8. The van der Waals surface area contributed by atoms with Crippen LogP contribution in [0, 0.1) is 11.8 Å². The number of carboxylic acid groups (broad SMARTS) is 2. The first-order chi connectivity index (χ1) is 13.8. The van der Waals surface area contributed by atoms with Crippen molar-refractivity contribution in [3.05, 3.63) is 0 Å². The Morgan fingerprint density at radius 2 is 1.13 bits per heavy atom. The van der Waals surface area contributed by atoms with Gasteiger partial charge in [0, 0.05) is 11.5 Å². The van der Waals surface area contributed by atoms with Gasteiger partial charge in [-0.3, -0.25) is 19.3 Å². The Labute approximate surface area is 185 Å². The third kappa shape index (κ3) is 10.1. The van der Waals surface area contributed by atoms with Crippen molar-refractivity contribution in [2.45, 2.75) is 64.7 Å². The molecule has 12 heteroatoms. The summed E-state index contributed by atoms with van der Waals surface area (Å²) >= 11 is 0. The molecular weight excluding hydrogens is 432 g/mol. The van der Waals surface area contributed by atoms with Crippen LogP contribution in [-0.4, -0.2) is 74.5 Å². The lowest BCUT2D eigenvalue weighted by atomic mass is 10.00. The number of carboxylic acids is 2. The summed E-state index contributed by atoms with van der Waals surface area (Å²) in [5, 5.41) is 18.5. The molecule has 2 amide bonds. The van der Waals surface area contributed by atoms with Gasteiger partial charge in [0.05, 0.1) is 12.1 Å². The summed E-state index contributed by atoms with van der Waals surface area (Å²) in [7, 11) is 2.06. The van der Waals surface area contributed by atoms with E-state index in [9.17, 15) is 24.3 Å². The molecule has 0 aromatic rings. The van der Waals surface area contributed by atoms with Crippen LogP contribution in [0.3, 0.4) is 0 Å². The van der Waals surface area contributed by atoms with Crippen LogP contribution < -0.4 is 17.2 Å². The molecule has 174 valence electrons. The summed E-state index contributed by atoms with van der Waals surface area (Å²) in [5.74, 6) is -4.11. The molecule has 8 N–H and O–H groups in total. The minimum Gasteiger partial charge on any atom is -0.480 e. The molecule has 10 nitrogen and oxygen atoms in total. The van der Waals surface area contributed by atoms with Crippen molar-refractivity contribution in [3.63, 3.8) is 0 Å². The van der Waals surface area contributed by atoms with Gasteiger partial charge in [0.2, 0.25) is 11.8 Å². The lowest BCUT2D eigenvalue weighted by molar-refractivity contribution is -0.158. The predicted octanol–water partition coefficient (Wildman–Crippen LogP) is 0.335. The van der Waals surface area contributed by atoms with Crippen LogP contribution in [0.5, 0.6) is 0 Å². The second kappa shape index (κ2) is 13.9. The molecule has 1 unspecified atom stereocenters. The van der Waals surface area contributed by atoms with E-state index in [1.807, 2.05) is 27.7 Å². The number of carbonyl (C=O) groups is 4. The molecule has 30 heavy (non-hydrogen) atoms. The molecule has 0 aromatic carbocycles. The molecule has 0 fully saturated rings. The van der Waals surface area contributed by atoms with Gasteiger partial charge in [-0.05, 0) is 24.7 Å². The topological polar surface area (TPSA) is 190 Å². The van der Waals surface area contributed by atoms with Crippen molar-refractivity contribution in [1.82, 2.24) is 4.90 Å². The van der Waals surface area contributed by atoms with Crippen molar-refractivity contribution < 1.29 is 29.4 Å². The Morgan fingerprint density at radius 3 is 1.47 bits per heavy atom. The minimum absolute atomic E-state index is 0.0357. The lowest BCUT2D eigenvalue weighted by Gasteiger charge is -2.32. The summed E-state index contributed by atoms with van der Waals surface area (Å²) in [4.78, 5) is 49.2. The molecule has 0 aliphatic carbocycles. The highest BCUT2D eigenvalue weighted by Crippen LogP contribution is 2.25. The second-order valence-electron chi connectivity index (χ2n) is 7.89. The molecule has 0 heterocycles. The van der Waals surface area contributed by atoms with Crippen LogP contribution in [0.2, 0.25) is 0 Å². The molecule has 0 saturated carbocycles. The van der Waals surface area contributed by atoms with Gasteiger partial charge in [-0.25, -0.2) is 4.79 Å². The van der Waals surface area contributed by atoms with E-state index in [0.717, 1.165) is 21.6 Å². The number of imide groups is 1. The van der Waals surface area contributed by atoms with Crippen molar-refractivity contribution in [3.8, 4) is 0 Å². The van der Waals surface area contributed by atoms with Crippen molar-refractivity contribution >= 4 is 45.3 Å². The first kappa shape index (κ1) is 28.7. The molecular formula is C18H34N4O6S2. The van der Waals surface area contributed by atoms with Crippen LogP contribution in [0.15, 0.2) is 0 Å². The highest BCUT2D eigenvalue weighted by Gasteiger charge is 2.39. The lowest BCUT2D eigenvalue weighted by Crippen LogP contribution is -2.59. The SMILES string of the molecule is CC(C)C[C@H](N)C(=O)N(C(=O)[C@@H](N)CC(C)C)[C@@H](CSSCC(N)C(=O)O)C(=O)O. The Bertz CT molecular complexity index is 577. The van der Waals surface area contributed by atoms with Gasteiger partial charge in [0.15, 0.2) is 0 Å². The number of aliphatic carboxylic acids is 2. The van der Waals surface area contributed by atoms with E-state index in [-0.39, 0.29) is 36.2 Å². The average Bonchev–Trinajstić information content (AvgIpc) is 2.61. The van der Waals surface area contributed by atoms with Gasteiger partial charge in [0.1, 0.15) is 12.1 Å². The number of amides is 2. The summed E-state index contributed by atoms with van der Waals surface area (Å²) in [6.07, 6.45) is 0.563. The van der Waals surface area contributed by atoms with E-state index in [1.165, 1.54) is 0 Å². The highest BCUT2D eigenvalue weighted by atomic mass is 33.1. The Hall–Kier alpha value is -1.34. The molecule has 0 bridgehead atoms. The zero-order valence-corrected chi connectivity index (χ0v) is 19.4. The average molecular weight is 467 g/mol. The van der Waals surface area contributed by atoms with Gasteiger partial charge in [0.25, 0.3) is 0 Å². The number of hydrogen-bond acceptors (Lipinski definition) is 9. The summed E-state index contributed by atoms with van der Waals surface area (Å²) < 4.78 is 0. The van der Waals surface area contributed by atoms with E-state index in [4.69, 9.17) is 22.3 Å². The van der Waals surface area contributed by atoms with Crippen LogP contribution in [0.4, 0.5) is 0 Å². The van der Waals surface area contributed by atoms with Gasteiger partial charge < -0.3 is 27.4 Å². The molecule has 0 aliphatic rings. The first-order valence-corrected chi connectivity index (χ1v) is 12.1. The maximum Gasteiger partial charge on any atom is 0.327 e. The quantitative estimate of drug-likeness (QED) is 0.175. The van der Waals surface area contributed by atoms with Crippen LogP contribution >= 0.6 is 21.6 Å². The fourth-order valence-electron chi connectivity index (χ4n) is 2.55. The van der Waals surface area contributed by atoms with Crippen LogP contribution in [-0.2, 0) is 19.2 Å². The van der Waals surface area contributed by atoms with Gasteiger partial charge in [-0.2, -0.15) is 0 Å². The van der Waals surface area contributed by atoms with E-state index >= 15 is 0 Å². The largest absolute Gasteiger partial charge is 0.480 e. The highest BCUT2D eigenvalue weighted by molar-refractivity contribution is 8.76. The normalized spacial score (nSPS) is 15.5. The molecule has 0 radical (unpaired) electrons. The number of nitrogens with two attached hydrogens (primary N) is 3. The van der Waals surface area contributed by atoms with Crippen molar-refractivity contribution in [1.29, 1.82) is 0 Å². The second-order valence-corrected chi connectivity index (χ2v) is 10.4. The first-order valence-electron chi connectivity index (χ1n) is 9.63. The molecule has 0 spiro atoms. The van der Waals surface area contributed by atoms with Crippen LogP contribution in [0.25, 0.3) is 0 Å². The third-order valence-electron chi connectivity index (χ3n) is 4.03. The van der Waals surface area contributed by atoms with Crippen LogP contribution in [0.1, 0.15) is 40.5 Å². The molecule has 4 atom stereocenters. The van der Waals surface area contributed by atoms with Gasteiger partial charge >= 0.3 is 11.9 Å². The maximum atomic E-state index is 12.9. The standard InChI is InChI=1S/C18H34N4O6S2/c1-9(2)5-11(19)15(23)22(16(24)12(20)6-10(3)4)14(18(27)28)8-30-29-7-13(21)17(25)26/h9-14H,5-8,19-21H2,1-4H3,(H,25,26)(H,27,28)/t11-,12-,13?,14-/m0/s1. The Balaban J connectivity index is 5.56. The Morgan fingerprint density at radius 1 is 0.733 bits per heavy atom. The Kier molecular flexibility index (Phi) is 13.2. The maximum absolute atomic E-state index is 12.9. The fourth-order valence-corrected chi connectivity index (χ4v) is 4.86. The van der Waals surface area contributed by atoms with E-state index in [1.54, 1.807) is 0 Å². The van der Waals surface area contributed by atoms with E-state index in [2.05, 4.69) is 0 Å². The number of hydrogen-bond donors (Lipinski definition) is 5. The van der Waals surface area contributed by atoms with Crippen molar-refractivity contribution in [2.75, 3.05) is 11.5 Å². The van der Waals surface area contributed by atoms with Gasteiger partial charge in [-0.1, -0.05) is 49.3 Å². The monoisotopic (exact) mass is 466 g/mol. The number of carbonyl (C=O) groups excluding carboxylic acids is 2. The summed E-state index contributed by atoms with van der Waals surface area (Å²) in [5.41, 5.74) is 17.3. The van der Waals surface area contributed by atoms with Gasteiger partial charge in [-0.15, -0.1) is 0 Å². The third-order valence-corrected chi connectivity index (χ3v) is 6.46. The number of nitrogens with zero attached hydrogens (tertiary/aromatic N) is 1. The summed E-state index contributed by atoms with van der Waals surface area (Å²) in [6.45, 7) is 7.43. The van der Waals surface area contributed by atoms with E-state index < -0.39 is 47.9 Å². The summed E-state index contributed by atoms with van der Waals surface area (Å²) in [6, 6.07) is -4.68. The molecule has 0 aliphatic heterocycles. The van der Waals surface area contributed by atoms with E-state index in [0.29, 0.717) is 4.90 Å². The van der Waals surface area contributed by atoms with Crippen molar-refractivity contribution in [2.24, 2.45) is 29.0 Å².